The highest BCUT2D eigenvalue weighted by Crippen LogP contribution is 2.26. The van der Waals surface area contributed by atoms with E-state index in [2.05, 4.69) is 5.32 Å². The van der Waals surface area contributed by atoms with E-state index in [1.54, 1.807) is 36.1 Å². The molecule has 0 aromatic heterocycles. The highest BCUT2D eigenvalue weighted by Gasteiger charge is 2.22. The second-order valence-corrected chi connectivity index (χ2v) is 6.19. The molecule has 8 nitrogen and oxygen atoms in total. The van der Waals surface area contributed by atoms with Gasteiger partial charge in [0.2, 0.25) is 5.91 Å². The number of nitro benzene ring substituents is 1. The van der Waals surface area contributed by atoms with E-state index in [1.807, 2.05) is 6.07 Å². The number of nitro groups is 1. The SMILES string of the molecule is Cc1c(NC(=O)COc2cccc(N3CCCC3=O)c2)cccc1[N+](=O)[O-]. The van der Waals surface area contributed by atoms with Crippen LogP contribution in [0.1, 0.15) is 18.4 Å². The molecule has 8 heteroatoms. The summed E-state index contributed by atoms with van der Waals surface area (Å²) in [5, 5.41) is 13.6. The molecule has 0 unspecified atom stereocenters. The smallest absolute Gasteiger partial charge is 0.274 e. The van der Waals surface area contributed by atoms with Crippen molar-refractivity contribution in [2.24, 2.45) is 0 Å². The minimum Gasteiger partial charge on any atom is -0.484 e. The van der Waals surface area contributed by atoms with E-state index in [0.717, 1.165) is 12.1 Å². The van der Waals surface area contributed by atoms with Gasteiger partial charge in [0, 0.05) is 30.8 Å². The summed E-state index contributed by atoms with van der Waals surface area (Å²) in [6.07, 6.45) is 1.37. The molecule has 1 N–H and O–H groups in total. The number of amides is 2. The average molecular weight is 369 g/mol. The number of ether oxygens (including phenoxy) is 1. The Balaban J connectivity index is 1.62. The average Bonchev–Trinajstić information content (AvgIpc) is 3.08. The van der Waals surface area contributed by atoms with Crippen molar-refractivity contribution in [1.29, 1.82) is 0 Å². The van der Waals surface area contributed by atoms with Gasteiger partial charge in [-0.15, -0.1) is 0 Å². The minimum atomic E-state index is -0.493. The molecule has 3 rings (SSSR count). The summed E-state index contributed by atoms with van der Waals surface area (Å²) in [4.78, 5) is 36.2. The molecule has 27 heavy (non-hydrogen) atoms. The third-order valence-electron chi connectivity index (χ3n) is 4.35. The normalized spacial score (nSPS) is 13.5. The zero-order chi connectivity index (χ0) is 19.4. The summed E-state index contributed by atoms with van der Waals surface area (Å²) in [7, 11) is 0. The van der Waals surface area contributed by atoms with Crippen LogP contribution in [0.4, 0.5) is 17.1 Å². The Bertz CT molecular complexity index is 897. The fraction of sp³-hybridized carbons (Fsp3) is 0.263. The number of carbonyl (C=O) groups is 2. The molecule has 1 heterocycles. The van der Waals surface area contributed by atoms with E-state index in [1.165, 1.54) is 12.1 Å². The molecular formula is C19H19N3O5. The van der Waals surface area contributed by atoms with E-state index in [9.17, 15) is 19.7 Å². The van der Waals surface area contributed by atoms with Crippen molar-refractivity contribution in [3.8, 4) is 5.75 Å². The minimum absolute atomic E-state index is 0.0586. The van der Waals surface area contributed by atoms with Crippen LogP contribution in [0, 0.1) is 17.0 Å². The van der Waals surface area contributed by atoms with Crippen molar-refractivity contribution in [2.75, 3.05) is 23.4 Å². The predicted molar refractivity (Wildman–Crippen MR) is 100.0 cm³/mol. The summed E-state index contributed by atoms with van der Waals surface area (Å²) < 4.78 is 5.51. The molecule has 2 aromatic carbocycles. The van der Waals surface area contributed by atoms with Gasteiger partial charge in [-0.25, -0.2) is 0 Å². The van der Waals surface area contributed by atoms with Crippen LogP contribution in [-0.2, 0) is 9.59 Å². The Hall–Kier alpha value is -3.42. The van der Waals surface area contributed by atoms with E-state index >= 15 is 0 Å². The zero-order valence-corrected chi connectivity index (χ0v) is 14.8. The summed E-state index contributed by atoms with van der Waals surface area (Å²) >= 11 is 0. The first-order chi connectivity index (χ1) is 13.0. The number of anilines is 2. The standard InChI is InChI=1S/C19H19N3O5/c1-13-16(7-3-8-17(13)22(25)26)20-18(23)12-27-15-6-2-5-14(11-15)21-10-4-9-19(21)24/h2-3,5-8,11H,4,9-10,12H2,1H3,(H,20,23). The Morgan fingerprint density at radius 2 is 2.07 bits per heavy atom. The molecule has 0 bridgehead atoms. The van der Waals surface area contributed by atoms with Crippen LogP contribution < -0.4 is 15.0 Å². The Labute approximate surface area is 155 Å². The zero-order valence-electron chi connectivity index (χ0n) is 14.8. The Morgan fingerprint density at radius 3 is 2.78 bits per heavy atom. The Morgan fingerprint density at radius 1 is 1.30 bits per heavy atom. The van der Waals surface area contributed by atoms with Crippen molar-refractivity contribution in [1.82, 2.24) is 0 Å². The highest BCUT2D eigenvalue weighted by molar-refractivity contribution is 5.95. The number of rotatable bonds is 6. The maximum absolute atomic E-state index is 12.1. The lowest BCUT2D eigenvalue weighted by molar-refractivity contribution is -0.385. The third kappa shape index (κ3) is 4.22. The van der Waals surface area contributed by atoms with Gasteiger partial charge in [-0.2, -0.15) is 0 Å². The first-order valence-corrected chi connectivity index (χ1v) is 8.53. The molecule has 0 atom stereocenters. The van der Waals surface area contributed by atoms with E-state index in [-0.39, 0.29) is 18.2 Å². The molecule has 1 saturated heterocycles. The monoisotopic (exact) mass is 369 g/mol. The second-order valence-electron chi connectivity index (χ2n) is 6.19. The molecule has 2 aromatic rings. The lowest BCUT2D eigenvalue weighted by Gasteiger charge is -2.16. The van der Waals surface area contributed by atoms with Gasteiger partial charge < -0.3 is 15.0 Å². The van der Waals surface area contributed by atoms with E-state index in [4.69, 9.17) is 4.74 Å². The van der Waals surface area contributed by atoms with Gasteiger partial charge in [-0.1, -0.05) is 12.1 Å². The van der Waals surface area contributed by atoms with Crippen LogP contribution in [0.15, 0.2) is 42.5 Å². The molecule has 0 spiro atoms. The van der Waals surface area contributed by atoms with Gasteiger partial charge >= 0.3 is 0 Å². The lowest BCUT2D eigenvalue weighted by Crippen LogP contribution is -2.24. The van der Waals surface area contributed by atoms with Gasteiger partial charge in [-0.3, -0.25) is 19.7 Å². The summed E-state index contributed by atoms with van der Waals surface area (Å²) in [5.41, 5.74) is 1.43. The van der Waals surface area contributed by atoms with Gasteiger partial charge in [0.05, 0.1) is 16.2 Å². The van der Waals surface area contributed by atoms with Crippen LogP contribution in [0.25, 0.3) is 0 Å². The van der Waals surface area contributed by atoms with Crippen LogP contribution in [0.5, 0.6) is 5.75 Å². The maximum atomic E-state index is 12.1. The molecule has 2 amide bonds. The molecule has 0 radical (unpaired) electrons. The van der Waals surface area contributed by atoms with Crippen molar-refractivity contribution in [3.63, 3.8) is 0 Å². The molecule has 140 valence electrons. The van der Waals surface area contributed by atoms with Gasteiger partial charge in [0.1, 0.15) is 5.75 Å². The molecule has 1 aliphatic heterocycles. The molecule has 0 aliphatic carbocycles. The van der Waals surface area contributed by atoms with Gasteiger partial charge in [0.25, 0.3) is 11.6 Å². The number of nitrogens with zero attached hydrogens (tertiary/aromatic N) is 2. The molecular weight excluding hydrogens is 350 g/mol. The molecule has 1 fully saturated rings. The summed E-state index contributed by atoms with van der Waals surface area (Å²) in [6, 6.07) is 11.5. The first-order valence-electron chi connectivity index (χ1n) is 8.53. The number of hydrogen-bond acceptors (Lipinski definition) is 5. The van der Waals surface area contributed by atoms with Crippen molar-refractivity contribution in [3.05, 3.63) is 58.1 Å². The lowest BCUT2D eigenvalue weighted by atomic mass is 10.1. The summed E-state index contributed by atoms with van der Waals surface area (Å²) in [5.74, 6) is 0.116. The maximum Gasteiger partial charge on any atom is 0.274 e. The Kier molecular flexibility index (Phi) is 5.35. The van der Waals surface area contributed by atoms with Crippen molar-refractivity contribution in [2.45, 2.75) is 19.8 Å². The molecule has 1 aliphatic rings. The number of nitrogens with one attached hydrogen (secondary N) is 1. The predicted octanol–water partition coefficient (Wildman–Crippen LogP) is 3.05. The van der Waals surface area contributed by atoms with Crippen molar-refractivity contribution < 1.29 is 19.2 Å². The van der Waals surface area contributed by atoms with Crippen LogP contribution >= 0.6 is 0 Å². The van der Waals surface area contributed by atoms with Crippen LogP contribution in [0.3, 0.4) is 0 Å². The van der Waals surface area contributed by atoms with Crippen molar-refractivity contribution >= 4 is 28.9 Å². The van der Waals surface area contributed by atoms with Crippen LogP contribution in [0.2, 0.25) is 0 Å². The van der Waals surface area contributed by atoms with Gasteiger partial charge in [-0.05, 0) is 31.5 Å². The largest absolute Gasteiger partial charge is 0.484 e. The number of benzene rings is 2. The summed E-state index contributed by atoms with van der Waals surface area (Å²) in [6.45, 7) is 2.00. The van der Waals surface area contributed by atoms with E-state index in [0.29, 0.717) is 30.0 Å². The quantitative estimate of drug-likeness (QED) is 0.623. The fourth-order valence-corrected chi connectivity index (χ4v) is 2.95. The highest BCUT2D eigenvalue weighted by atomic mass is 16.6. The molecule has 0 saturated carbocycles. The second kappa shape index (κ2) is 7.86. The fourth-order valence-electron chi connectivity index (χ4n) is 2.95. The number of hydrogen-bond donors (Lipinski definition) is 1. The van der Waals surface area contributed by atoms with Gasteiger partial charge in [0.15, 0.2) is 6.61 Å². The topological polar surface area (TPSA) is 102 Å². The van der Waals surface area contributed by atoms with Crippen LogP contribution in [-0.4, -0.2) is 29.9 Å². The van der Waals surface area contributed by atoms with E-state index < -0.39 is 10.8 Å². The first kappa shape index (κ1) is 18.4. The number of carbonyl (C=O) groups excluding carboxylic acids is 2. The third-order valence-corrected chi connectivity index (χ3v) is 4.35.